The van der Waals surface area contributed by atoms with E-state index < -0.39 is 15.4 Å². The molecule has 9 heteroatoms. The van der Waals surface area contributed by atoms with Crippen LogP contribution in [-0.2, 0) is 16.9 Å². The van der Waals surface area contributed by atoms with E-state index in [1.807, 2.05) is 32.4 Å². The Bertz CT molecular complexity index is 1660. The molecule has 1 N–H and O–H groups in total. The topological polar surface area (TPSA) is 91.6 Å². The molecule has 210 valence electrons. The Morgan fingerprint density at radius 1 is 0.925 bits per heavy atom. The average Bonchev–Trinajstić information content (AvgIpc) is 3.54. The molecule has 4 heterocycles. The van der Waals surface area contributed by atoms with Crippen LogP contribution in [0.2, 0.25) is 0 Å². The van der Waals surface area contributed by atoms with Crippen molar-refractivity contribution in [2.45, 2.75) is 31.3 Å². The van der Waals surface area contributed by atoms with Crippen LogP contribution < -0.4 is 4.90 Å². The summed E-state index contributed by atoms with van der Waals surface area (Å²) in [5.41, 5.74) is 6.09. The third-order valence-corrected chi connectivity index (χ3v) is 9.41. The van der Waals surface area contributed by atoms with Gasteiger partial charge in [0.1, 0.15) is 11.3 Å². The smallest absolute Gasteiger partial charge is 0.175 e. The molecule has 40 heavy (non-hydrogen) atoms. The first kappa shape index (κ1) is 26.9. The van der Waals surface area contributed by atoms with Crippen molar-refractivity contribution in [3.63, 3.8) is 0 Å². The zero-order valence-electron chi connectivity index (χ0n) is 23.8. The van der Waals surface area contributed by atoms with Crippen molar-refractivity contribution in [1.29, 1.82) is 0 Å². The molecule has 8 nitrogen and oxygen atoms in total. The molecule has 0 radical (unpaired) electrons. The molecule has 6 rings (SSSR count). The molecular formula is C31H37N5O3S. The molecule has 4 aromatic rings. The van der Waals surface area contributed by atoms with Gasteiger partial charge in [0.2, 0.25) is 0 Å². The van der Waals surface area contributed by atoms with Gasteiger partial charge in [-0.2, -0.15) is 0 Å². The molecule has 2 aliphatic rings. The summed E-state index contributed by atoms with van der Waals surface area (Å²) in [4.78, 5) is 14.9. The van der Waals surface area contributed by atoms with Crippen LogP contribution in [0.5, 0.6) is 0 Å². The molecule has 0 amide bonds. The van der Waals surface area contributed by atoms with E-state index in [4.69, 9.17) is 9.97 Å². The fourth-order valence-electron chi connectivity index (χ4n) is 6.42. The number of sulfone groups is 1. The minimum absolute atomic E-state index is 0.295. The van der Waals surface area contributed by atoms with Crippen LogP contribution in [0.25, 0.3) is 33.7 Å². The van der Waals surface area contributed by atoms with E-state index in [-0.39, 0.29) is 0 Å². The minimum Gasteiger partial charge on any atom is -0.389 e. The van der Waals surface area contributed by atoms with Gasteiger partial charge in [-0.3, -0.25) is 9.88 Å². The van der Waals surface area contributed by atoms with E-state index in [1.54, 1.807) is 24.3 Å². The zero-order chi connectivity index (χ0) is 28.4. The number of rotatable bonds is 6. The Morgan fingerprint density at radius 3 is 2.10 bits per heavy atom. The number of nitrogens with zero attached hydrogens (tertiary/aromatic N) is 5. The summed E-state index contributed by atoms with van der Waals surface area (Å²) in [6.45, 7) is 10.7. The van der Waals surface area contributed by atoms with Crippen LogP contribution in [0.4, 0.5) is 5.69 Å². The molecule has 2 saturated heterocycles. The summed E-state index contributed by atoms with van der Waals surface area (Å²) >= 11 is 0. The first-order chi connectivity index (χ1) is 18.9. The predicted molar refractivity (Wildman–Crippen MR) is 159 cm³/mol. The highest BCUT2D eigenvalue weighted by Gasteiger charge is 2.41. The van der Waals surface area contributed by atoms with Crippen molar-refractivity contribution in [2.24, 2.45) is 18.9 Å². The standard InChI is InChI=1S/C31H37N5O3S/c1-20-29-28(34(4)30(33-29)22-8-12-26(13-9-22)40(5,38)39)14-27(32-20)21-6-10-25(11-7-21)36-17-23-15-35(16-24(23)18-36)19-31(2,3)37/h6-14,23-24,37H,15-19H2,1-5H3/t23-,24+. The monoisotopic (exact) mass is 559 g/mol. The molecule has 0 aliphatic carbocycles. The van der Waals surface area contributed by atoms with E-state index in [2.05, 4.69) is 40.1 Å². The maximum Gasteiger partial charge on any atom is 0.175 e. The molecule has 0 unspecified atom stereocenters. The Kier molecular flexibility index (Phi) is 6.52. The van der Waals surface area contributed by atoms with Crippen LogP contribution in [-0.4, -0.2) is 77.5 Å². The highest BCUT2D eigenvalue weighted by Crippen LogP contribution is 2.36. The van der Waals surface area contributed by atoms with Crippen LogP contribution in [0.3, 0.4) is 0 Å². The van der Waals surface area contributed by atoms with Gasteiger partial charge < -0.3 is 14.6 Å². The summed E-state index contributed by atoms with van der Waals surface area (Å²) in [5.74, 6) is 2.07. The van der Waals surface area contributed by atoms with E-state index in [9.17, 15) is 13.5 Å². The van der Waals surface area contributed by atoms with Gasteiger partial charge in [-0.05, 0) is 75.1 Å². The molecular weight excluding hydrogens is 522 g/mol. The van der Waals surface area contributed by atoms with Crippen molar-refractivity contribution < 1.29 is 13.5 Å². The second-order valence-corrected chi connectivity index (χ2v) is 14.2. The number of hydrogen-bond donors (Lipinski definition) is 1. The Balaban J connectivity index is 1.21. The van der Waals surface area contributed by atoms with Crippen LogP contribution in [0.1, 0.15) is 19.5 Å². The van der Waals surface area contributed by atoms with Crippen molar-refractivity contribution >= 4 is 26.6 Å². The van der Waals surface area contributed by atoms with Gasteiger partial charge in [0, 0.05) is 62.8 Å². The molecule has 0 spiro atoms. The summed E-state index contributed by atoms with van der Waals surface area (Å²) < 4.78 is 25.8. The van der Waals surface area contributed by atoms with Gasteiger partial charge >= 0.3 is 0 Å². The summed E-state index contributed by atoms with van der Waals surface area (Å²) in [6.07, 6.45) is 1.21. The molecule has 0 saturated carbocycles. The first-order valence-corrected chi connectivity index (χ1v) is 15.7. The lowest BCUT2D eigenvalue weighted by Gasteiger charge is -2.27. The number of hydrogen-bond acceptors (Lipinski definition) is 7. The van der Waals surface area contributed by atoms with Crippen LogP contribution in [0.15, 0.2) is 59.5 Å². The largest absolute Gasteiger partial charge is 0.389 e. The molecule has 2 aliphatic heterocycles. The highest BCUT2D eigenvalue weighted by atomic mass is 32.2. The molecule has 2 aromatic heterocycles. The third-order valence-electron chi connectivity index (χ3n) is 8.28. The lowest BCUT2D eigenvalue weighted by Crippen LogP contribution is -2.39. The number of β-amino-alcohol motifs (C(OH)–C–C–N with tert-alkyl or cyclic N) is 1. The Hall–Kier alpha value is -3.27. The van der Waals surface area contributed by atoms with Crippen LogP contribution >= 0.6 is 0 Å². The number of benzene rings is 2. The quantitative estimate of drug-likeness (QED) is 0.379. The zero-order valence-corrected chi connectivity index (χ0v) is 24.6. The van der Waals surface area contributed by atoms with Gasteiger partial charge in [0.15, 0.2) is 9.84 Å². The minimum atomic E-state index is -3.25. The maximum atomic E-state index is 11.9. The maximum absolute atomic E-state index is 11.9. The van der Waals surface area contributed by atoms with Gasteiger partial charge in [0.05, 0.1) is 27.4 Å². The second kappa shape index (κ2) is 9.68. The fraction of sp³-hybridized carbons (Fsp3) is 0.419. The number of anilines is 1. The number of fused-ring (bicyclic) bond motifs is 2. The number of aromatic nitrogens is 3. The van der Waals surface area contributed by atoms with E-state index in [1.165, 1.54) is 11.9 Å². The van der Waals surface area contributed by atoms with Crippen LogP contribution in [0, 0.1) is 18.8 Å². The van der Waals surface area contributed by atoms with E-state index in [0.717, 1.165) is 72.1 Å². The van der Waals surface area contributed by atoms with Crippen molar-refractivity contribution in [2.75, 3.05) is 43.9 Å². The predicted octanol–water partition coefficient (Wildman–Crippen LogP) is 4.15. The third kappa shape index (κ3) is 5.13. The van der Waals surface area contributed by atoms with E-state index >= 15 is 0 Å². The Morgan fingerprint density at radius 2 is 1.52 bits per heavy atom. The average molecular weight is 560 g/mol. The number of imidazole rings is 1. The van der Waals surface area contributed by atoms with Gasteiger partial charge in [-0.1, -0.05) is 12.1 Å². The molecule has 2 aromatic carbocycles. The van der Waals surface area contributed by atoms with Gasteiger partial charge in [0.25, 0.3) is 0 Å². The fourth-order valence-corrected chi connectivity index (χ4v) is 7.05. The molecule has 0 bridgehead atoms. The summed E-state index contributed by atoms with van der Waals surface area (Å²) in [7, 11) is -1.27. The molecule has 2 atom stereocenters. The van der Waals surface area contributed by atoms with E-state index in [0.29, 0.717) is 16.7 Å². The normalized spacial score (nSPS) is 20.0. The molecule has 2 fully saturated rings. The first-order valence-electron chi connectivity index (χ1n) is 13.8. The Labute approximate surface area is 236 Å². The summed E-state index contributed by atoms with van der Waals surface area (Å²) in [6, 6.07) is 17.6. The summed E-state index contributed by atoms with van der Waals surface area (Å²) in [5, 5.41) is 10.2. The van der Waals surface area contributed by atoms with Crippen molar-refractivity contribution in [3.05, 3.63) is 60.3 Å². The lowest BCUT2D eigenvalue weighted by molar-refractivity contribution is 0.0419. The number of aryl methyl sites for hydroxylation is 2. The number of pyridine rings is 1. The number of aliphatic hydroxyl groups is 1. The lowest BCUT2D eigenvalue weighted by atomic mass is 10.0. The highest BCUT2D eigenvalue weighted by molar-refractivity contribution is 7.90. The van der Waals surface area contributed by atoms with Gasteiger partial charge in [-0.15, -0.1) is 0 Å². The van der Waals surface area contributed by atoms with Crippen molar-refractivity contribution in [3.8, 4) is 22.6 Å². The van der Waals surface area contributed by atoms with Crippen molar-refractivity contribution in [1.82, 2.24) is 19.4 Å². The number of likely N-dealkylation sites (tertiary alicyclic amines) is 1. The second-order valence-electron chi connectivity index (χ2n) is 12.2. The van der Waals surface area contributed by atoms with Gasteiger partial charge in [-0.25, -0.2) is 13.4 Å². The SMILES string of the molecule is Cc1nc(-c2ccc(N3C[C@H]4CN(CC(C)(C)O)C[C@H]4C3)cc2)cc2c1nc(-c1ccc(S(C)(=O)=O)cc1)n2C.